The average molecular weight is 506 g/mol. The second kappa shape index (κ2) is 10.3. The number of carbonyl (C=O) groups is 1. The van der Waals surface area contributed by atoms with Crippen LogP contribution >= 0.6 is 0 Å². The quantitative estimate of drug-likeness (QED) is 0.269. The van der Waals surface area contributed by atoms with Crippen LogP contribution in [0.4, 0.5) is 0 Å². The smallest absolute Gasteiger partial charge is 0.335 e. The van der Waals surface area contributed by atoms with Crippen LogP contribution in [0.2, 0.25) is 0 Å². The van der Waals surface area contributed by atoms with E-state index < -0.39 is 17.7 Å². The Labute approximate surface area is 216 Å². The minimum Gasteiger partial charge on any atom is -0.508 e. The van der Waals surface area contributed by atoms with Gasteiger partial charge in [-0.05, 0) is 77.6 Å². The molecule has 7 nitrogen and oxygen atoms in total. The van der Waals surface area contributed by atoms with Crippen LogP contribution in [-0.2, 0) is 6.42 Å². The summed E-state index contributed by atoms with van der Waals surface area (Å²) in [5.74, 6) is -0.842. The molecule has 7 heteroatoms. The van der Waals surface area contributed by atoms with Crippen molar-refractivity contribution < 1.29 is 30.0 Å². The first-order valence-corrected chi connectivity index (χ1v) is 12.6. The molecule has 3 aromatic rings. The molecule has 0 spiro atoms. The van der Waals surface area contributed by atoms with E-state index in [-0.39, 0.29) is 23.6 Å². The van der Waals surface area contributed by atoms with Gasteiger partial charge in [-0.2, -0.15) is 0 Å². The third-order valence-corrected chi connectivity index (χ3v) is 7.16. The van der Waals surface area contributed by atoms with Crippen molar-refractivity contribution in [2.75, 3.05) is 0 Å². The molecule has 1 aromatic heterocycles. The van der Waals surface area contributed by atoms with Gasteiger partial charge in [0.05, 0.1) is 17.1 Å². The number of aliphatic hydroxyl groups excluding tert-OH is 1. The van der Waals surface area contributed by atoms with Gasteiger partial charge in [0, 0.05) is 29.3 Å². The van der Waals surface area contributed by atoms with Gasteiger partial charge in [0.25, 0.3) is 0 Å². The minimum atomic E-state index is -1.07. The van der Waals surface area contributed by atoms with Crippen LogP contribution in [-0.4, -0.2) is 42.7 Å². The predicted molar refractivity (Wildman–Crippen MR) is 144 cm³/mol. The summed E-state index contributed by atoms with van der Waals surface area (Å²) in [6.07, 6.45) is 8.79. The fourth-order valence-electron chi connectivity index (χ4n) is 4.86. The van der Waals surface area contributed by atoms with E-state index in [9.17, 15) is 25.2 Å². The Kier molecular flexibility index (Phi) is 7.37. The number of aliphatic hydroxyl groups is 1. The Morgan fingerprint density at radius 2 is 1.89 bits per heavy atom. The van der Waals surface area contributed by atoms with Crippen molar-refractivity contribution in [3.63, 3.8) is 0 Å². The van der Waals surface area contributed by atoms with Crippen LogP contribution in [0.15, 0.2) is 59.8 Å². The first-order valence-electron chi connectivity index (χ1n) is 12.6. The van der Waals surface area contributed by atoms with E-state index in [0.29, 0.717) is 34.2 Å². The number of nitrogens with zero attached hydrogens (tertiary/aromatic N) is 1. The van der Waals surface area contributed by atoms with E-state index in [1.165, 1.54) is 33.9 Å². The van der Waals surface area contributed by atoms with E-state index >= 15 is 0 Å². The average Bonchev–Trinajstić information content (AvgIpc) is 3.16. The second-order valence-corrected chi connectivity index (χ2v) is 10.4. The van der Waals surface area contributed by atoms with Crippen molar-refractivity contribution in [2.45, 2.75) is 71.5 Å². The molecule has 0 bridgehead atoms. The van der Waals surface area contributed by atoms with Gasteiger partial charge in [0.1, 0.15) is 17.1 Å². The Morgan fingerprint density at radius 3 is 2.59 bits per heavy atom. The van der Waals surface area contributed by atoms with Crippen LogP contribution < -0.4 is 4.74 Å². The largest absolute Gasteiger partial charge is 0.508 e. The van der Waals surface area contributed by atoms with Gasteiger partial charge in [-0.1, -0.05) is 29.4 Å². The molecule has 4 rings (SSSR count). The lowest BCUT2D eigenvalue weighted by Gasteiger charge is -2.40. The van der Waals surface area contributed by atoms with Crippen molar-refractivity contribution in [1.82, 2.24) is 4.57 Å². The molecule has 37 heavy (non-hydrogen) atoms. The number of aromatic carboxylic acids is 1. The first kappa shape index (κ1) is 26.4. The maximum Gasteiger partial charge on any atom is 0.335 e. The molecule has 0 radical (unpaired) electrons. The Morgan fingerprint density at radius 1 is 1.14 bits per heavy atom. The van der Waals surface area contributed by atoms with E-state index in [1.54, 1.807) is 18.3 Å². The fraction of sp³-hybridized carbons (Fsp3) is 0.367. The van der Waals surface area contributed by atoms with Gasteiger partial charge < -0.3 is 25.2 Å². The topological polar surface area (TPSA) is 112 Å². The van der Waals surface area contributed by atoms with Gasteiger partial charge in [0.2, 0.25) is 5.88 Å². The molecule has 2 atom stereocenters. The van der Waals surface area contributed by atoms with Crippen molar-refractivity contribution in [3.05, 3.63) is 71.0 Å². The third kappa shape index (κ3) is 5.37. The van der Waals surface area contributed by atoms with Crippen molar-refractivity contribution >= 4 is 16.7 Å². The standard InChI is InChI=1S/C30H35NO6/c1-18(2)8-5-9-19(3)10-7-13-30(4)26(33)16-23-25(32)15-22-24(27(23)37-30)17-31(28(22)34)21-12-6-11-20(14-21)29(35)36/h6,8,10-12,14-15,17,26,32-34H,5,7,9,13,16H2,1-4H3,(H,35,36). The molecule has 1 aliphatic heterocycles. The maximum atomic E-state index is 11.4. The number of allylic oxidation sites excluding steroid dienone is 4. The highest BCUT2D eigenvalue weighted by Crippen LogP contribution is 2.47. The number of fused-ring (bicyclic) bond motifs is 3. The highest BCUT2D eigenvalue weighted by molar-refractivity contribution is 5.96. The number of rotatable bonds is 8. The lowest BCUT2D eigenvalue weighted by atomic mass is 9.84. The molecule has 2 aromatic carbocycles. The molecule has 0 amide bonds. The third-order valence-electron chi connectivity index (χ3n) is 7.16. The number of carboxylic acid groups (broad SMARTS) is 1. The van der Waals surface area contributed by atoms with E-state index in [1.807, 2.05) is 6.92 Å². The van der Waals surface area contributed by atoms with Gasteiger partial charge >= 0.3 is 5.97 Å². The molecule has 0 fully saturated rings. The summed E-state index contributed by atoms with van der Waals surface area (Å²) >= 11 is 0. The Hall–Kier alpha value is -3.71. The van der Waals surface area contributed by atoms with E-state index in [0.717, 1.165) is 19.3 Å². The predicted octanol–water partition coefficient (Wildman–Crippen LogP) is 6.27. The maximum absolute atomic E-state index is 11.4. The molecule has 196 valence electrons. The molecule has 2 unspecified atom stereocenters. The molecular formula is C30H35NO6. The molecule has 2 heterocycles. The zero-order valence-corrected chi connectivity index (χ0v) is 21.8. The number of ether oxygens (including phenoxy) is 1. The molecule has 4 N–H and O–H groups in total. The lowest BCUT2D eigenvalue weighted by molar-refractivity contribution is -0.0581. The SMILES string of the molecule is CC(C)=CCCC(C)=CCCC1(C)Oc2c(c(O)cc3c(O)n(-c4cccc(C(=O)O)c4)cc23)CC1O. The van der Waals surface area contributed by atoms with Crippen molar-refractivity contribution in [2.24, 2.45) is 0 Å². The summed E-state index contributed by atoms with van der Waals surface area (Å²) in [5.41, 5.74) is 2.76. The Balaban J connectivity index is 1.65. The fourth-order valence-corrected chi connectivity index (χ4v) is 4.86. The van der Waals surface area contributed by atoms with Crippen LogP contribution in [0.3, 0.4) is 0 Å². The van der Waals surface area contributed by atoms with Gasteiger partial charge in [-0.15, -0.1) is 0 Å². The van der Waals surface area contributed by atoms with E-state index in [4.69, 9.17) is 4.74 Å². The zero-order valence-electron chi connectivity index (χ0n) is 21.8. The molecule has 1 aliphatic rings. The number of benzene rings is 2. The van der Waals surface area contributed by atoms with E-state index in [2.05, 4.69) is 32.9 Å². The zero-order chi connectivity index (χ0) is 26.9. The summed E-state index contributed by atoms with van der Waals surface area (Å²) in [5, 5.41) is 43.0. The number of aromatic hydroxyl groups is 2. The molecular weight excluding hydrogens is 470 g/mol. The number of phenolic OH excluding ortho intramolecular Hbond substituents is 1. The monoisotopic (exact) mass is 505 g/mol. The van der Waals surface area contributed by atoms with Crippen LogP contribution in [0.25, 0.3) is 16.5 Å². The van der Waals surface area contributed by atoms with Crippen LogP contribution in [0.5, 0.6) is 17.4 Å². The number of hydrogen-bond donors (Lipinski definition) is 4. The summed E-state index contributed by atoms with van der Waals surface area (Å²) in [4.78, 5) is 11.4. The van der Waals surface area contributed by atoms with Gasteiger partial charge in [-0.3, -0.25) is 4.57 Å². The molecule has 0 saturated carbocycles. The summed E-state index contributed by atoms with van der Waals surface area (Å²) in [6.45, 7) is 8.17. The first-order chi connectivity index (χ1) is 17.5. The molecule has 0 aliphatic carbocycles. The van der Waals surface area contributed by atoms with Crippen LogP contribution in [0, 0.1) is 0 Å². The number of hydrogen-bond acceptors (Lipinski definition) is 5. The second-order valence-electron chi connectivity index (χ2n) is 10.4. The highest BCUT2D eigenvalue weighted by Gasteiger charge is 2.41. The minimum absolute atomic E-state index is 0.0639. The van der Waals surface area contributed by atoms with Crippen molar-refractivity contribution in [3.8, 4) is 23.1 Å². The number of carboxylic acids is 1. The highest BCUT2D eigenvalue weighted by atomic mass is 16.5. The summed E-state index contributed by atoms with van der Waals surface area (Å²) in [6, 6.07) is 7.70. The summed E-state index contributed by atoms with van der Waals surface area (Å²) < 4.78 is 7.89. The molecule has 0 saturated heterocycles. The van der Waals surface area contributed by atoms with Crippen LogP contribution in [0.1, 0.15) is 69.3 Å². The number of phenols is 1. The van der Waals surface area contributed by atoms with Gasteiger partial charge in [-0.25, -0.2) is 4.79 Å². The number of aromatic nitrogens is 1. The Bertz CT molecular complexity index is 1390. The van der Waals surface area contributed by atoms with Gasteiger partial charge in [0.15, 0.2) is 0 Å². The lowest BCUT2D eigenvalue weighted by Crippen LogP contribution is -2.48. The normalized spacial score (nSPS) is 19.4. The van der Waals surface area contributed by atoms with Crippen molar-refractivity contribution in [1.29, 1.82) is 0 Å². The summed E-state index contributed by atoms with van der Waals surface area (Å²) in [7, 11) is 0.